The zero-order chi connectivity index (χ0) is 12.3. The molecule has 18 heavy (non-hydrogen) atoms. The summed E-state index contributed by atoms with van der Waals surface area (Å²) in [5.41, 5.74) is 2.83. The van der Waals surface area contributed by atoms with Gasteiger partial charge in [-0.05, 0) is 30.2 Å². The lowest BCUT2D eigenvalue weighted by molar-refractivity contribution is -0.119. The van der Waals surface area contributed by atoms with E-state index < -0.39 is 0 Å². The van der Waals surface area contributed by atoms with Crippen LogP contribution in [0.1, 0.15) is 15.9 Å². The van der Waals surface area contributed by atoms with Gasteiger partial charge in [0.05, 0.1) is 6.54 Å². The number of benzene rings is 1. The molecule has 5 nitrogen and oxygen atoms in total. The Kier molecular flexibility index (Phi) is 4.97. The third-order valence-corrected chi connectivity index (χ3v) is 2.77. The van der Waals surface area contributed by atoms with Crippen LogP contribution >= 0.6 is 12.4 Å². The zero-order valence-electron chi connectivity index (χ0n) is 10.1. The number of halogens is 1. The van der Waals surface area contributed by atoms with E-state index in [1.54, 1.807) is 6.07 Å². The van der Waals surface area contributed by atoms with E-state index in [9.17, 15) is 9.59 Å². The van der Waals surface area contributed by atoms with Crippen molar-refractivity contribution >= 4 is 29.9 Å². The van der Waals surface area contributed by atoms with Crippen LogP contribution in [0.25, 0.3) is 0 Å². The minimum absolute atomic E-state index is 0. The van der Waals surface area contributed by atoms with Crippen molar-refractivity contribution in [2.45, 2.75) is 6.42 Å². The highest BCUT2D eigenvalue weighted by molar-refractivity contribution is 5.97. The number of carbonyl (C=O) groups excluding carboxylic acids is 2. The lowest BCUT2D eigenvalue weighted by atomic mass is 10.1. The molecule has 2 rings (SSSR count). The largest absolute Gasteiger partial charge is 0.384 e. The summed E-state index contributed by atoms with van der Waals surface area (Å²) >= 11 is 0. The fraction of sp³-hybridized carbons (Fsp3) is 0.333. The maximum absolute atomic E-state index is 11.8. The maximum atomic E-state index is 11.8. The first kappa shape index (κ1) is 14.3. The first-order valence-corrected chi connectivity index (χ1v) is 5.56. The Morgan fingerprint density at radius 3 is 2.89 bits per heavy atom. The van der Waals surface area contributed by atoms with E-state index in [4.69, 9.17) is 0 Å². The highest BCUT2D eigenvalue weighted by Gasteiger charge is 2.13. The average molecular weight is 270 g/mol. The van der Waals surface area contributed by atoms with Gasteiger partial charge >= 0.3 is 0 Å². The third kappa shape index (κ3) is 3.13. The van der Waals surface area contributed by atoms with Gasteiger partial charge in [-0.1, -0.05) is 0 Å². The quantitative estimate of drug-likeness (QED) is 0.751. The minimum atomic E-state index is -0.219. The fourth-order valence-electron chi connectivity index (χ4n) is 1.80. The molecule has 0 atom stereocenters. The summed E-state index contributed by atoms with van der Waals surface area (Å²) in [6, 6.07) is 5.53. The van der Waals surface area contributed by atoms with Gasteiger partial charge < -0.3 is 16.0 Å². The summed E-state index contributed by atoms with van der Waals surface area (Å²) in [5.74, 6) is -0.426. The number of hydrogen-bond acceptors (Lipinski definition) is 3. The molecule has 0 aliphatic carbocycles. The molecule has 1 aromatic carbocycles. The van der Waals surface area contributed by atoms with Crippen LogP contribution in [0, 0.1) is 0 Å². The molecule has 0 fully saturated rings. The van der Waals surface area contributed by atoms with Crippen LogP contribution < -0.4 is 16.0 Å². The molecule has 2 amide bonds. The first-order valence-electron chi connectivity index (χ1n) is 5.56. The van der Waals surface area contributed by atoms with Crippen LogP contribution in [0.4, 0.5) is 5.69 Å². The van der Waals surface area contributed by atoms with Gasteiger partial charge in [-0.25, -0.2) is 0 Å². The molecule has 0 unspecified atom stereocenters. The molecule has 3 N–H and O–H groups in total. The summed E-state index contributed by atoms with van der Waals surface area (Å²) in [7, 11) is 1.54. The SMILES string of the molecule is CNC(=O)CNC(=O)c1ccc2c(c1)CCN2.Cl. The van der Waals surface area contributed by atoms with Gasteiger partial charge in [0.1, 0.15) is 0 Å². The van der Waals surface area contributed by atoms with Gasteiger partial charge in [0, 0.05) is 24.8 Å². The zero-order valence-corrected chi connectivity index (χ0v) is 10.9. The number of amides is 2. The summed E-state index contributed by atoms with van der Waals surface area (Å²) in [4.78, 5) is 22.8. The molecule has 1 aromatic rings. The normalized spacial score (nSPS) is 11.8. The van der Waals surface area contributed by atoms with E-state index in [2.05, 4.69) is 16.0 Å². The number of carbonyl (C=O) groups is 2. The maximum Gasteiger partial charge on any atom is 0.251 e. The van der Waals surface area contributed by atoms with E-state index in [0.717, 1.165) is 24.2 Å². The Hall–Kier alpha value is -1.75. The van der Waals surface area contributed by atoms with E-state index in [-0.39, 0.29) is 30.8 Å². The van der Waals surface area contributed by atoms with Crippen LogP contribution in [-0.4, -0.2) is 32.0 Å². The van der Waals surface area contributed by atoms with E-state index >= 15 is 0 Å². The topological polar surface area (TPSA) is 70.2 Å². The van der Waals surface area contributed by atoms with Crippen LogP contribution in [-0.2, 0) is 11.2 Å². The molecule has 1 aliphatic rings. The summed E-state index contributed by atoms with van der Waals surface area (Å²) < 4.78 is 0. The summed E-state index contributed by atoms with van der Waals surface area (Å²) in [6.07, 6.45) is 0.936. The number of hydrogen-bond donors (Lipinski definition) is 3. The molecule has 0 spiro atoms. The highest BCUT2D eigenvalue weighted by atomic mass is 35.5. The number of fused-ring (bicyclic) bond motifs is 1. The van der Waals surface area contributed by atoms with Crippen molar-refractivity contribution in [2.24, 2.45) is 0 Å². The molecular weight excluding hydrogens is 254 g/mol. The second-order valence-electron chi connectivity index (χ2n) is 3.90. The molecule has 0 radical (unpaired) electrons. The Morgan fingerprint density at radius 1 is 1.39 bits per heavy atom. The molecule has 0 aromatic heterocycles. The van der Waals surface area contributed by atoms with Gasteiger partial charge in [-0.3, -0.25) is 9.59 Å². The Bertz CT molecular complexity index is 463. The molecule has 98 valence electrons. The molecule has 1 heterocycles. The summed E-state index contributed by atoms with van der Waals surface area (Å²) in [6.45, 7) is 0.920. The van der Waals surface area contributed by atoms with Crippen molar-refractivity contribution < 1.29 is 9.59 Å². The number of rotatable bonds is 3. The molecule has 0 saturated heterocycles. The Labute approximate surface area is 112 Å². The van der Waals surface area contributed by atoms with Crippen molar-refractivity contribution in [1.29, 1.82) is 0 Å². The second kappa shape index (κ2) is 6.26. The Balaban J connectivity index is 0.00000162. The van der Waals surface area contributed by atoms with Crippen LogP contribution in [0.3, 0.4) is 0 Å². The van der Waals surface area contributed by atoms with Gasteiger partial charge in [0.15, 0.2) is 0 Å². The van der Waals surface area contributed by atoms with Crippen molar-refractivity contribution in [2.75, 3.05) is 25.5 Å². The van der Waals surface area contributed by atoms with Gasteiger partial charge in [-0.15, -0.1) is 12.4 Å². The van der Waals surface area contributed by atoms with Crippen molar-refractivity contribution in [3.63, 3.8) is 0 Å². The second-order valence-corrected chi connectivity index (χ2v) is 3.90. The van der Waals surface area contributed by atoms with Crippen molar-refractivity contribution in [3.05, 3.63) is 29.3 Å². The van der Waals surface area contributed by atoms with Gasteiger partial charge in [0.2, 0.25) is 5.91 Å². The monoisotopic (exact) mass is 269 g/mol. The Morgan fingerprint density at radius 2 is 2.17 bits per heavy atom. The number of likely N-dealkylation sites (N-methyl/N-ethyl adjacent to an activating group) is 1. The molecule has 6 heteroatoms. The smallest absolute Gasteiger partial charge is 0.251 e. The van der Waals surface area contributed by atoms with Crippen LogP contribution in [0.15, 0.2) is 18.2 Å². The number of anilines is 1. The van der Waals surface area contributed by atoms with Gasteiger partial charge in [0.25, 0.3) is 5.91 Å². The molecule has 0 saturated carbocycles. The number of nitrogens with one attached hydrogen (secondary N) is 3. The minimum Gasteiger partial charge on any atom is -0.384 e. The van der Waals surface area contributed by atoms with Gasteiger partial charge in [-0.2, -0.15) is 0 Å². The third-order valence-electron chi connectivity index (χ3n) is 2.77. The van der Waals surface area contributed by atoms with E-state index in [1.165, 1.54) is 7.05 Å². The predicted octanol–water partition coefficient (Wildman–Crippen LogP) is 0.552. The van der Waals surface area contributed by atoms with Crippen LogP contribution in [0.2, 0.25) is 0 Å². The molecule has 1 aliphatic heterocycles. The van der Waals surface area contributed by atoms with E-state index in [0.29, 0.717) is 5.56 Å². The van der Waals surface area contributed by atoms with E-state index in [1.807, 2.05) is 12.1 Å². The average Bonchev–Trinajstić information content (AvgIpc) is 2.82. The molecule has 0 bridgehead atoms. The lowest BCUT2D eigenvalue weighted by Crippen LogP contribution is -2.35. The standard InChI is InChI=1S/C12H15N3O2.ClH/c1-13-11(16)7-15-12(17)9-2-3-10-8(6-9)4-5-14-10;/h2-3,6,14H,4-5,7H2,1H3,(H,13,16)(H,15,17);1H. The van der Waals surface area contributed by atoms with Crippen molar-refractivity contribution in [3.8, 4) is 0 Å². The fourth-order valence-corrected chi connectivity index (χ4v) is 1.80. The molecular formula is C12H16ClN3O2. The first-order chi connectivity index (χ1) is 8.20. The summed E-state index contributed by atoms with van der Waals surface area (Å²) in [5, 5.41) is 8.25. The van der Waals surface area contributed by atoms with Crippen LogP contribution in [0.5, 0.6) is 0 Å². The van der Waals surface area contributed by atoms with Crippen molar-refractivity contribution in [1.82, 2.24) is 10.6 Å². The predicted molar refractivity (Wildman–Crippen MR) is 72.3 cm³/mol. The lowest BCUT2D eigenvalue weighted by Gasteiger charge is -2.06. The highest BCUT2D eigenvalue weighted by Crippen LogP contribution is 2.22.